The molecule has 3 aromatic rings. The maximum atomic E-state index is 5.80. The number of halogens is 1. The zero-order valence-electron chi connectivity index (χ0n) is 12.9. The summed E-state index contributed by atoms with van der Waals surface area (Å²) in [5, 5.41) is 0. The summed E-state index contributed by atoms with van der Waals surface area (Å²) in [5.74, 6) is 0.883. The summed E-state index contributed by atoms with van der Waals surface area (Å²) in [7, 11) is 0. The molecule has 0 amide bonds. The van der Waals surface area contributed by atoms with E-state index in [1.165, 1.54) is 11.1 Å². The Morgan fingerprint density at radius 3 is 2.17 bits per heavy atom. The number of pyridine rings is 1. The fourth-order valence-corrected chi connectivity index (χ4v) is 2.81. The molecule has 3 rings (SSSR count). The highest BCUT2D eigenvalue weighted by Gasteiger charge is 2.04. The largest absolute Gasteiger partial charge is 0.486 e. The molecule has 0 saturated carbocycles. The lowest BCUT2D eigenvalue weighted by Crippen LogP contribution is -2.35. The standard InChI is InChI=1S/C20H19BrNO/c21-19-8-4-5-9-20(19)23-15-14-22-12-10-18(11-13-22)16-17-6-2-1-3-7-17/h1-13H,14-16H2/q+1. The second kappa shape index (κ2) is 7.93. The summed E-state index contributed by atoms with van der Waals surface area (Å²) < 4.78 is 8.93. The van der Waals surface area contributed by atoms with Crippen LogP contribution in [0.5, 0.6) is 5.75 Å². The number of ether oxygens (including phenoxy) is 1. The molecule has 0 fully saturated rings. The summed E-state index contributed by atoms with van der Waals surface area (Å²) >= 11 is 3.49. The zero-order valence-corrected chi connectivity index (χ0v) is 14.4. The first-order chi connectivity index (χ1) is 11.3. The lowest BCUT2D eigenvalue weighted by atomic mass is 10.1. The van der Waals surface area contributed by atoms with Crippen molar-refractivity contribution in [3.05, 3.63) is 94.7 Å². The van der Waals surface area contributed by atoms with Crippen LogP contribution in [0.15, 0.2) is 83.6 Å². The summed E-state index contributed by atoms with van der Waals surface area (Å²) in [4.78, 5) is 0. The molecule has 1 heterocycles. The predicted molar refractivity (Wildman–Crippen MR) is 95.5 cm³/mol. The minimum Gasteiger partial charge on any atom is -0.486 e. The maximum absolute atomic E-state index is 5.80. The van der Waals surface area contributed by atoms with E-state index in [4.69, 9.17) is 4.74 Å². The molecule has 0 N–H and O–H groups in total. The van der Waals surface area contributed by atoms with Crippen molar-refractivity contribution < 1.29 is 9.30 Å². The van der Waals surface area contributed by atoms with E-state index in [0.717, 1.165) is 23.2 Å². The first kappa shape index (κ1) is 15.8. The first-order valence-corrected chi connectivity index (χ1v) is 8.50. The van der Waals surface area contributed by atoms with Crippen molar-refractivity contribution in [3.63, 3.8) is 0 Å². The molecule has 0 atom stereocenters. The molecule has 23 heavy (non-hydrogen) atoms. The van der Waals surface area contributed by atoms with Crippen molar-refractivity contribution >= 4 is 15.9 Å². The van der Waals surface area contributed by atoms with Crippen molar-refractivity contribution in [2.75, 3.05) is 6.61 Å². The van der Waals surface area contributed by atoms with Gasteiger partial charge >= 0.3 is 0 Å². The van der Waals surface area contributed by atoms with E-state index in [-0.39, 0.29) is 0 Å². The summed E-state index contributed by atoms with van der Waals surface area (Å²) in [6.45, 7) is 1.47. The molecule has 116 valence electrons. The van der Waals surface area contributed by atoms with E-state index >= 15 is 0 Å². The quantitative estimate of drug-likeness (QED) is 0.587. The molecule has 0 aliphatic rings. The molecule has 2 aromatic carbocycles. The van der Waals surface area contributed by atoms with Crippen molar-refractivity contribution in [2.45, 2.75) is 13.0 Å². The number of benzene rings is 2. The summed E-state index contributed by atoms with van der Waals surface area (Å²) in [5.41, 5.74) is 2.65. The van der Waals surface area contributed by atoms with Crippen molar-refractivity contribution in [2.24, 2.45) is 0 Å². The Kier molecular flexibility index (Phi) is 5.43. The molecule has 0 saturated heterocycles. The van der Waals surface area contributed by atoms with Gasteiger partial charge in [0.1, 0.15) is 12.4 Å². The van der Waals surface area contributed by atoms with Crippen LogP contribution in [0.25, 0.3) is 0 Å². The fourth-order valence-electron chi connectivity index (χ4n) is 2.41. The van der Waals surface area contributed by atoms with Crippen LogP contribution in [-0.4, -0.2) is 6.61 Å². The van der Waals surface area contributed by atoms with Crippen molar-refractivity contribution in [1.29, 1.82) is 0 Å². The highest BCUT2D eigenvalue weighted by atomic mass is 79.9. The molecule has 0 aliphatic heterocycles. The van der Waals surface area contributed by atoms with E-state index in [9.17, 15) is 0 Å². The molecule has 3 heteroatoms. The number of nitrogens with zero attached hydrogens (tertiary/aromatic N) is 1. The Bertz CT molecular complexity index is 741. The molecule has 2 nitrogen and oxygen atoms in total. The van der Waals surface area contributed by atoms with Crippen LogP contribution in [0.3, 0.4) is 0 Å². The zero-order chi connectivity index (χ0) is 15.9. The van der Waals surface area contributed by atoms with E-state index in [2.05, 4.69) is 69.3 Å². The van der Waals surface area contributed by atoms with Crippen LogP contribution < -0.4 is 9.30 Å². The van der Waals surface area contributed by atoms with Gasteiger partial charge in [-0.1, -0.05) is 42.5 Å². The molecule has 0 aliphatic carbocycles. The molecule has 0 bridgehead atoms. The Morgan fingerprint density at radius 1 is 0.783 bits per heavy atom. The van der Waals surface area contributed by atoms with Crippen LogP contribution in [0.2, 0.25) is 0 Å². The monoisotopic (exact) mass is 368 g/mol. The Hall–Kier alpha value is -2.13. The molecule has 0 spiro atoms. The van der Waals surface area contributed by atoms with Gasteiger partial charge < -0.3 is 4.74 Å². The molecule has 0 radical (unpaired) electrons. The van der Waals surface area contributed by atoms with Crippen LogP contribution in [-0.2, 0) is 13.0 Å². The van der Waals surface area contributed by atoms with E-state index in [1.807, 2.05) is 30.3 Å². The third-order valence-electron chi connectivity index (χ3n) is 3.65. The number of hydrogen-bond acceptors (Lipinski definition) is 1. The van der Waals surface area contributed by atoms with E-state index < -0.39 is 0 Å². The van der Waals surface area contributed by atoms with E-state index in [1.54, 1.807) is 0 Å². The number of hydrogen-bond donors (Lipinski definition) is 0. The van der Waals surface area contributed by atoms with Gasteiger partial charge in [-0.15, -0.1) is 0 Å². The molecular weight excluding hydrogens is 350 g/mol. The van der Waals surface area contributed by atoms with Gasteiger partial charge in [-0.2, -0.15) is 0 Å². The van der Waals surface area contributed by atoms with Crippen LogP contribution in [0, 0.1) is 0 Å². The summed E-state index contributed by atoms with van der Waals surface area (Å²) in [6, 6.07) is 22.8. The second-order valence-electron chi connectivity index (χ2n) is 5.39. The Balaban J connectivity index is 1.53. The van der Waals surface area contributed by atoms with Crippen LogP contribution in [0.4, 0.5) is 0 Å². The van der Waals surface area contributed by atoms with Crippen molar-refractivity contribution in [3.8, 4) is 5.75 Å². The number of aromatic nitrogens is 1. The van der Waals surface area contributed by atoms with Gasteiger partial charge in [0.2, 0.25) is 0 Å². The van der Waals surface area contributed by atoms with Crippen LogP contribution in [0.1, 0.15) is 11.1 Å². The lowest BCUT2D eigenvalue weighted by Gasteiger charge is -2.06. The molecule has 1 aromatic heterocycles. The number of rotatable bonds is 6. The van der Waals surface area contributed by atoms with Gasteiger partial charge in [0.05, 0.1) is 4.47 Å². The van der Waals surface area contributed by atoms with Gasteiger partial charge in [-0.25, -0.2) is 4.57 Å². The van der Waals surface area contributed by atoms with Gasteiger partial charge in [0.25, 0.3) is 0 Å². The van der Waals surface area contributed by atoms with E-state index in [0.29, 0.717) is 6.61 Å². The van der Waals surface area contributed by atoms with Gasteiger partial charge in [-0.05, 0) is 45.6 Å². The third-order valence-corrected chi connectivity index (χ3v) is 4.31. The fraction of sp³-hybridized carbons (Fsp3) is 0.150. The van der Waals surface area contributed by atoms with Gasteiger partial charge in [0.15, 0.2) is 18.9 Å². The first-order valence-electron chi connectivity index (χ1n) is 7.70. The average molecular weight is 369 g/mol. The molecule has 0 unspecified atom stereocenters. The molecular formula is C20H19BrNO+. The smallest absolute Gasteiger partial charge is 0.182 e. The predicted octanol–water partition coefficient (Wildman–Crippen LogP) is 4.41. The highest BCUT2D eigenvalue weighted by molar-refractivity contribution is 9.10. The minimum absolute atomic E-state index is 0.644. The second-order valence-corrected chi connectivity index (χ2v) is 6.24. The Morgan fingerprint density at radius 2 is 1.43 bits per heavy atom. The topological polar surface area (TPSA) is 13.1 Å². The lowest BCUT2D eigenvalue weighted by molar-refractivity contribution is -0.697. The van der Waals surface area contributed by atoms with Gasteiger partial charge in [0, 0.05) is 12.1 Å². The highest BCUT2D eigenvalue weighted by Crippen LogP contribution is 2.23. The van der Waals surface area contributed by atoms with Crippen LogP contribution >= 0.6 is 15.9 Å². The van der Waals surface area contributed by atoms with Gasteiger partial charge in [-0.3, -0.25) is 0 Å². The normalized spacial score (nSPS) is 10.5. The SMILES string of the molecule is Brc1ccccc1OCC[n+]1ccc(Cc2ccccc2)cc1. The van der Waals surface area contributed by atoms with Crippen molar-refractivity contribution in [1.82, 2.24) is 0 Å². The minimum atomic E-state index is 0.644. The Labute approximate surface area is 145 Å². The summed E-state index contributed by atoms with van der Waals surface area (Å²) in [6.07, 6.45) is 5.19. The number of para-hydroxylation sites is 1. The average Bonchev–Trinajstić information content (AvgIpc) is 2.59. The maximum Gasteiger partial charge on any atom is 0.182 e. The third kappa shape index (κ3) is 4.67.